The summed E-state index contributed by atoms with van der Waals surface area (Å²) in [4.78, 5) is 29.8. The van der Waals surface area contributed by atoms with Crippen molar-refractivity contribution in [1.82, 2.24) is 9.97 Å². The van der Waals surface area contributed by atoms with E-state index in [2.05, 4.69) is 38.1 Å². The van der Waals surface area contributed by atoms with Gasteiger partial charge in [-0.25, -0.2) is 19.4 Å². The number of nitrogens with one attached hydrogen (secondary N) is 2. The van der Waals surface area contributed by atoms with Gasteiger partial charge >= 0.3 is 0 Å². The summed E-state index contributed by atoms with van der Waals surface area (Å²) in [6, 6.07) is 20.2. The number of ether oxygens (including phenoxy) is 2. The first-order chi connectivity index (χ1) is 22.9. The molecule has 1 aromatic heterocycles. The minimum Gasteiger partial charge on any atom is -0.494 e. The molecule has 0 radical (unpaired) electrons. The molecule has 10 nitrogen and oxygen atoms in total. The first-order valence-corrected chi connectivity index (χ1v) is 15.8. The SMILES string of the molecule is C=CC(=O)Nc1cc(Nc2cc(N3OCC[C@@H]3c3cccc(-c4cccc(F)c4)c3)ncn2)c(OC)cc1N1CCC2(CC1)COC2. The normalized spacial score (nSPS) is 18.5. The molecule has 0 bridgehead atoms. The van der Waals surface area contributed by atoms with Crippen LogP contribution in [0.1, 0.15) is 30.9 Å². The molecular formula is C36H37FN6O4. The van der Waals surface area contributed by atoms with Crippen molar-refractivity contribution in [3.8, 4) is 16.9 Å². The topological polar surface area (TPSA) is 101 Å². The van der Waals surface area contributed by atoms with Crippen LogP contribution in [0.4, 0.5) is 33.1 Å². The molecule has 7 rings (SSSR count). The van der Waals surface area contributed by atoms with Gasteiger partial charge in [0.25, 0.3) is 0 Å². The second-order valence-corrected chi connectivity index (χ2v) is 12.2. The molecule has 3 aliphatic heterocycles. The summed E-state index contributed by atoms with van der Waals surface area (Å²) in [5.41, 5.74) is 5.21. The van der Waals surface area contributed by atoms with E-state index >= 15 is 0 Å². The van der Waals surface area contributed by atoms with Gasteiger partial charge in [-0.05, 0) is 59.9 Å². The Morgan fingerprint density at radius 1 is 1.04 bits per heavy atom. The largest absolute Gasteiger partial charge is 0.494 e. The smallest absolute Gasteiger partial charge is 0.247 e. The van der Waals surface area contributed by atoms with Crippen LogP contribution in [0.25, 0.3) is 11.1 Å². The lowest BCUT2D eigenvalue weighted by atomic mass is 9.76. The molecule has 3 aromatic carbocycles. The predicted molar refractivity (Wildman–Crippen MR) is 179 cm³/mol. The fraction of sp³-hybridized carbons (Fsp3) is 0.306. The number of aromatic nitrogens is 2. The second kappa shape index (κ2) is 13.0. The van der Waals surface area contributed by atoms with E-state index in [-0.39, 0.29) is 23.2 Å². The van der Waals surface area contributed by atoms with E-state index in [0.717, 1.165) is 67.9 Å². The molecule has 47 heavy (non-hydrogen) atoms. The molecule has 3 aliphatic rings. The van der Waals surface area contributed by atoms with Crippen molar-refractivity contribution in [3.05, 3.63) is 97.1 Å². The van der Waals surface area contributed by atoms with E-state index in [1.165, 1.54) is 24.5 Å². The van der Waals surface area contributed by atoms with Gasteiger partial charge in [0, 0.05) is 37.1 Å². The summed E-state index contributed by atoms with van der Waals surface area (Å²) in [7, 11) is 1.62. The molecule has 3 fully saturated rings. The lowest BCUT2D eigenvalue weighted by Gasteiger charge is -2.48. The number of hydroxylamine groups is 1. The summed E-state index contributed by atoms with van der Waals surface area (Å²) >= 11 is 0. The van der Waals surface area contributed by atoms with Crippen LogP contribution in [0.15, 0.2) is 85.7 Å². The van der Waals surface area contributed by atoms with Crippen molar-refractivity contribution in [2.24, 2.45) is 5.41 Å². The number of methoxy groups -OCH3 is 1. The Bertz CT molecular complexity index is 1790. The number of carbonyl (C=O) groups excluding carboxylic acids is 1. The molecule has 1 spiro atoms. The highest BCUT2D eigenvalue weighted by Gasteiger charge is 2.41. The lowest BCUT2D eigenvalue weighted by Crippen LogP contribution is -2.51. The number of benzene rings is 3. The number of carbonyl (C=O) groups is 1. The summed E-state index contributed by atoms with van der Waals surface area (Å²) in [6.45, 7) is 7.50. The molecule has 3 saturated heterocycles. The minimum atomic E-state index is -0.300. The van der Waals surface area contributed by atoms with Crippen molar-refractivity contribution in [3.63, 3.8) is 0 Å². The zero-order valence-electron chi connectivity index (χ0n) is 26.2. The summed E-state index contributed by atoms with van der Waals surface area (Å²) in [6.07, 6.45) is 5.56. The third-order valence-corrected chi connectivity index (χ3v) is 9.22. The van der Waals surface area contributed by atoms with Crippen molar-refractivity contribution in [2.75, 3.05) is 60.6 Å². The van der Waals surface area contributed by atoms with Crippen LogP contribution in [-0.2, 0) is 14.4 Å². The van der Waals surface area contributed by atoms with E-state index in [1.807, 2.05) is 42.5 Å². The predicted octanol–water partition coefficient (Wildman–Crippen LogP) is 6.66. The zero-order valence-corrected chi connectivity index (χ0v) is 26.2. The monoisotopic (exact) mass is 636 g/mol. The molecular weight excluding hydrogens is 599 g/mol. The summed E-state index contributed by atoms with van der Waals surface area (Å²) < 4.78 is 25.3. The van der Waals surface area contributed by atoms with Crippen LogP contribution >= 0.6 is 0 Å². The molecule has 4 heterocycles. The third kappa shape index (κ3) is 6.36. The van der Waals surface area contributed by atoms with Crippen LogP contribution in [0.2, 0.25) is 0 Å². The first kappa shape index (κ1) is 30.6. The molecule has 0 saturated carbocycles. The number of piperidine rings is 1. The van der Waals surface area contributed by atoms with E-state index < -0.39 is 0 Å². The van der Waals surface area contributed by atoms with Gasteiger partial charge in [0.15, 0.2) is 5.82 Å². The fourth-order valence-corrected chi connectivity index (χ4v) is 6.55. The van der Waals surface area contributed by atoms with Crippen molar-refractivity contribution < 1.29 is 23.5 Å². The van der Waals surface area contributed by atoms with E-state index in [1.54, 1.807) is 18.2 Å². The van der Waals surface area contributed by atoms with Gasteiger partial charge in [-0.3, -0.25) is 9.63 Å². The quantitative estimate of drug-likeness (QED) is 0.195. The van der Waals surface area contributed by atoms with Gasteiger partial charge in [0.1, 0.15) is 23.7 Å². The molecule has 1 amide bonds. The molecule has 0 aliphatic carbocycles. The van der Waals surface area contributed by atoms with Crippen LogP contribution < -0.4 is 25.3 Å². The number of hydrogen-bond donors (Lipinski definition) is 2. The molecule has 11 heteroatoms. The molecule has 242 valence electrons. The average Bonchev–Trinajstić information content (AvgIpc) is 3.58. The number of anilines is 5. The van der Waals surface area contributed by atoms with Crippen LogP contribution in [-0.4, -0.2) is 55.9 Å². The Balaban J connectivity index is 1.14. The van der Waals surface area contributed by atoms with Crippen LogP contribution in [0, 0.1) is 11.2 Å². The Hall–Kier alpha value is -5.00. The van der Waals surface area contributed by atoms with E-state index in [4.69, 9.17) is 14.3 Å². The number of nitrogens with zero attached hydrogens (tertiary/aromatic N) is 4. The maximum absolute atomic E-state index is 13.9. The fourth-order valence-electron chi connectivity index (χ4n) is 6.55. The van der Waals surface area contributed by atoms with Crippen molar-refractivity contribution >= 4 is 34.6 Å². The Kier molecular flexibility index (Phi) is 8.48. The highest BCUT2D eigenvalue weighted by molar-refractivity contribution is 6.02. The molecule has 0 unspecified atom stereocenters. The van der Waals surface area contributed by atoms with Crippen LogP contribution in [0.3, 0.4) is 0 Å². The van der Waals surface area contributed by atoms with Crippen molar-refractivity contribution in [2.45, 2.75) is 25.3 Å². The van der Waals surface area contributed by atoms with E-state index in [0.29, 0.717) is 35.4 Å². The highest BCUT2D eigenvalue weighted by atomic mass is 19.1. The van der Waals surface area contributed by atoms with Gasteiger partial charge in [0.05, 0.1) is 50.0 Å². The summed E-state index contributed by atoms with van der Waals surface area (Å²) in [5, 5.41) is 8.14. The number of rotatable bonds is 9. The maximum Gasteiger partial charge on any atom is 0.247 e. The summed E-state index contributed by atoms with van der Waals surface area (Å²) in [5.74, 6) is 1.14. The van der Waals surface area contributed by atoms with Gasteiger partial charge in [-0.1, -0.05) is 36.9 Å². The first-order valence-electron chi connectivity index (χ1n) is 15.8. The van der Waals surface area contributed by atoms with Crippen LogP contribution in [0.5, 0.6) is 5.75 Å². The van der Waals surface area contributed by atoms with Gasteiger partial charge in [-0.2, -0.15) is 0 Å². The van der Waals surface area contributed by atoms with Gasteiger partial charge in [-0.15, -0.1) is 0 Å². The Morgan fingerprint density at radius 2 is 1.83 bits per heavy atom. The molecule has 1 atom stereocenters. The number of hydrogen-bond acceptors (Lipinski definition) is 9. The highest BCUT2D eigenvalue weighted by Crippen LogP contribution is 2.44. The molecule has 4 aromatic rings. The Labute approximate surface area is 273 Å². The van der Waals surface area contributed by atoms with E-state index in [9.17, 15) is 9.18 Å². The third-order valence-electron chi connectivity index (χ3n) is 9.22. The van der Waals surface area contributed by atoms with Gasteiger partial charge in [0.2, 0.25) is 5.91 Å². The average molecular weight is 637 g/mol. The standard InChI is InChI=1S/C36H37FN6O4/c1-3-35(44)41-28-18-29(32(45-2)19-31(28)42-13-11-36(12-14-42)21-46-22-36)40-33-20-34(39-23-38-33)43-30(10-15-47-43)26-8-4-6-24(16-26)25-7-5-9-27(37)17-25/h3-9,16-20,23,30H,1,10-15,21-22H2,2H3,(H,41,44)(H,38,39,40)/t30-/m1/s1. The second-order valence-electron chi connectivity index (χ2n) is 12.2. The minimum absolute atomic E-state index is 0.101. The maximum atomic E-state index is 13.9. The lowest BCUT2D eigenvalue weighted by molar-refractivity contribution is -0.124. The number of halogens is 1. The zero-order chi connectivity index (χ0) is 32.4. The van der Waals surface area contributed by atoms with Gasteiger partial charge < -0.3 is 25.0 Å². The molecule has 2 N–H and O–H groups in total. The van der Waals surface area contributed by atoms with Crippen molar-refractivity contribution in [1.29, 1.82) is 0 Å². The number of amides is 1. The Morgan fingerprint density at radius 3 is 2.55 bits per heavy atom.